The maximum absolute atomic E-state index is 12.9. The van der Waals surface area contributed by atoms with Gasteiger partial charge in [-0.05, 0) is 148 Å². The molecule has 0 aromatic rings. The van der Waals surface area contributed by atoms with Gasteiger partial charge in [0.1, 0.15) is 25.4 Å². The van der Waals surface area contributed by atoms with Crippen LogP contribution in [-0.4, -0.2) is 95.9 Å². The van der Waals surface area contributed by atoms with Gasteiger partial charge in [0.2, 0.25) is 0 Å². The monoisotopic (exact) mass is 1420 g/mol. The van der Waals surface area contributed by atoms with Crippen molar-refractivity contribution in [3.63, 3.8) is 0 Å². The van der Waals surface area contributed by atoms with Gasteiger partial charge >= 0.3 is 33.6 Å². The van der Waals surface area contributed by atoms with Gasteiger partial charge < -0.3 is 34.2 Å². The minimum Gasteiger partial charge on any atom is -0.463 e. The molecule has 0 aromatic carbocycles. The summed E-state index contributed by atoms with van der Waals surface area (Å²) >= 11 is 0. The number of hydrogen-bond acceptors (Lipinski definition) is 14. The number of phosphoric acid groups is 2. The third kappa shape index (κ3) is 74.2. The molecular weight excluding hydrogens is 1290 g/mol. The molecule has 0 aromatic heterocycles. The van der Waals surface area contributed by atoms with Crippen LogP contribution in [0.1, 0.15) is 278 Å². The predicted molar refractivity (Wildman–Crippen MR) is 408 cm³/mol. The van der Waals surface area contributed by atoms with Crippen LogP contribution < -0.4 is 0 Å². The predicted octanol–water partition coefficient (Wildman–Crippen LogP) is 21.9. The van der Waals surface area contributed by atoms with Crippen molar-refractivity contribution in [3.05, 3.63) is 158 Å². The summed E-state index contributed by atoms with van der Waals surface area (Å²) in [6.07, 6.45) is 90.1. The van der Waals surface area contributed by atoms with Crippen molar-refractivity contribution in [2.45, 2.75) is 296 Å². The minimum atomic E-state index is -4.95. The van der Waals surface area contributed by atoms with Crippen molar-refractivity contribution in [2.75, 3.05) is 39.6 Å². The third-order valence-corrected chi connectivity index (χ3v) is 17.1. The molecule has 18 heteroatoms. The highest BCUT2D eigenvalue weighted by Crippen LogP contribution is 2.45. The summed E-state index contributed by atoms with van der Waals surface area (Å²) in [5.41, 5.74) is 0. The first-order valence-corrected chi connectivity index (χ1v) is 40.8. The van der Waals surface area contributed by atoms with Gasteiger partial charge in [-0.2, -0.15) is 0 Å². The molecule has 0 heterocycles. The van der Waals surface area contributed by atoms with Gasteiger partial charge in [0, 0.05) is 19.3 Å². The van der Waals surface area contributed by atoms with Gasteiger partial charge in [-0.15, -0.1) is 0 Å². The Morgan fingerprint density at radius 2 is 0.535 bits per heavy atom. The van der Waals surface area contributed by atoms with Crippen LogP contribution in [0.5, 0.6) is 0 Å². The fraction of sp³-hybridized carbons (Fsp3) is 0.642. The van der Waals surface area contributed by atoms with E-state index in [1.54, 1.807) is 0 Å². The maximum Gasteiger partial charge on any atom is 0.472 e. The van der Waals surface area contributed by atoms with Crippen LogP contribution in [0.4, 0.5) is 0 Å². The van der Waals surface area contributed by atoms with E-state index in [2.05, 4.69) is 179 Å². The number of aliphatic hydroxyl groups is 2. The van der Waals surface area contributed by atoms with Crippen LogP contribution in [0, 0.1) is 0 Å². The van der Waals surface area contributed by atoms with Gasteiger partial charge in [-0.25, -0.2) is 9.13 Å². The molecule has 0 aliphatic heterocycles. The lowest BCUT2D eigenvalue weighted by Gasteiger charge is -2.21. The van der Waals surface area contributed by atoms with Crippen LogP contribution in [0.25, 0.3) is 0 Å². The Hall–Kier alpha value is -4.83. The van der Waals surface area contributed by atoms with Crippen molar-refractivity contribution in [1.29, 1.82) is 0 Å². The molecule has 0 rings (SSSR count). The molecule has 0 bridgehead atoms. The van der Waals surface area contributed by atoms with E-state index >= 15 is 0 Å². The Morgan fingerprint density at radius 3 is 0.869 bits per heavy atom. The number of aliphatic hydroxyl groups excluding tert-OH is 2. The average Bonchev–Trinajstić information content (AvgIpc) is 1.55. The first-order chi connectivity index (χ1) is 48.2. The van der Waals surface area contributed by atoms with Crippen LogP contribution in [0.3, 0.4) is 0 Å². The Morgan fingerprint density at radius 1 is 0.293 bits per heavy atom. The zero-order chi connectivity index (χ0) is 72.3. The lowest BCUT2D eigenvalue weighted by Crippen LogP contribution is -2.30. The van der Waals surface area contributed by atoms with Crippen LogP contribution in [-0.2, 0) is 55.8 Å². The number of phosphoric ester groups is 2. The average molecular weight is 1430 g/mol. The van der Waals surface area contributed by atoms with E-state index < -0.39 is 91.5 Å². The fourth-order valence-corrected chi connectivity index (χ4v) is 11.1. The summed E-state index contributed by atoms with van der Waals surface area (Å²) in [7, 11) is -9.81. The van der Waals surface area contributed by atoms with Gasteiger partial charge in [0.15, 0.2) is 6.10 Å². The summed E-state index contributed by atoms with van der Waals surface area (Å²) in [6.45, 7) is 2.33. The Labute approximate surface area is 600 Å². The smallest absolute Gasteiger partial charge is 0.463 e. The summed E-state index contributed by atoms with van der Waals surface area (Å²) in [4.78, 5) is 58.5. The van der Waals surface area contributed by atoms with Crippen LogP contribution >= 0.6 is 15.6 Å². The molecule has 4 N–H and O–H groups in total. The molecule has 5 unspecified atom stereocenters. The largest absolute Gasteiger partial charge is 0.472 e. The number of unbranched alkanes of at least 4 members (excludes halogenated alkanes) is 21. The molecule has 16 nitrogen and oxygen atoms in total. The van der Waals surface area contributed by atoms with E-state index in [0.29, 0.717) is 19.3 Å². The standard InChI is InChI=1S/C81H134O16P2/c1-4-7-10-13-16-19-22-25-28-30-32-34-35-36-37-38-39-41-43-44-47-49-52-55-58-61-64-67-79(84)91-70-76(82)71-93-98(87,88)94-72-77(83)73-95-99(89,90)96-75-78(97-81(86)69-66-63-60-57-54-51-46-27-24-21-18-15-12-9-6-3)74-92-80(85)68-65-62-59-56-53-50-48-45-42-40-33-31-29-26-23-20-17-14-11-8-5-2/h8-9,11-12,16-21,25-29,32-34,36-37,40,45-46,48,53,56,76-78,82-83H,4-7,10,13-15,22-24,30-31,35,38-39,41-44,47,49-52,54-55,57-75H2,1-3H3,(H,87,88)(H,89,90)/b11-8-,12-9-,19-16-,20-17-,21-18-,28-25-,29-26-,34-32-,37-36-,40-33-,46-27-,48-45-,56-53-. The number of ether oxygens (including phenoxy) is 3. The highest BCUT2D eigenvalue weighted by atomic mass is 31.2. The van der Waals surface area contributed by atoms with Gasteiger partial charge in [0.05, 0.1) is 26.4 Å². The highest BCUT2D eigenvalue weighted by Gasteiger charge is 2.29. The molecule has 0 aliphatic rings. The number of rotatable bonds is 70. The summed E-state index contributed by atoms with van der Waals surface area (Å²) in [5, 5.41) is 20.6. The summed E-state index contributed by atoms with van der Waals surface area (Å²) in [6, 6.07) is 0. The lowest BCUT2D eigenvalue weighted by molar-refractivity contribution is -0.161. The molecule has 0 fully saturated rings. The quantitative estimate of drug-likeness (QED) is 0.0146. The third-order valence-electron chi connectivity index (χ3n) is 15.2. The number of carbonyl (C=O) groups excluding carboxylic acids is 3. The van der Waals surface area contributed by atoms with Crippen LogP contribution in [0.15, 0.2) is 158 Å². The van der Waals surface area contributed by atoms with E-state index in [0.717, 1.165) is 148 Å². The van der Waals surface area contributed by atoms with E-state index in [4.69, 9.17) is 32.3 Å². The van der Waals surface area contributed by atoms with E-state index in [1.165, 1.54) is 70.6 Å². The number of esters is 3. The van der Waals surface area contributed by atoms with Crippen molar-refractivity contribution in [3.8, 4) is 0 Å². The molecule has 0 aliphatic carbocycles. The van der Waals surface area contributed by atoms with E-state index in [-0.39, 0.29) is 19.3 Å². The second kappa shape index (κ2) is 72.9. The van der Waals surface area contributed by atoms with Gasteiger partial charge in [0.25, 0.3) is 0 Å². The van der Waals surface area contributed by atoms with Gasteiger partial charge in [-0.1, -0.05) is 269 Å². The topological polar surface area (TPSA) is 231 Å². The zero-order valence-electron chi connectivity index (χ0n) is 61.4. The normalized spacial score (nSPS) is 14.9. The number of carbonyl (C=O) groups is 3. The Bertz CT molecular complexity index is 2430. The molecule has 5 atom stereocenters. The van der Waals surface area contributed by atoms with Crippen molar-refractivity contribution >= 4 is 33.6 Å². The second-order valence-corrected chi connectivity index (χ2v) is 27.6. The molecule has 0 saturated heterocycles. The molecule has 0 spiro atoms. The fourth-order valence-electron chi connectivity index (χ4n) is 9.51. The molecule has 0 amide bonds. The molecular formula is C81H134O16P2. The lowest BCUT2D eigenvalue weighted by atomic mass is 10.0. The van der Waals surface area contributed by atoms with E-state index in [1.807, 2.05) is 0 Å². The first kappa shape index (κ1) is 94.2. The maximum atomic E-state index is 12.9. The first-order valence-electron chi connectivity index (χ1n) is 37.8. The van der Waals surface area contributed by atoms with E-state index in [9.17, 15) is 43.5 Å². The molecule has 0 radical (unpaired) electrons. The van der Waals surface area contributed by atoms with Crippen molar-refractivity contribution in [2.24, 2.45) is 0 Å². The Balaban J connectivity index is 4.63. The number of allylic oxidation sites excluding steroid dienone is 26. The molecule has 0 saturated carbocycles. The SMILES string of the molecule is CC/C=C\C/C=C\C/C=C\C/C=C\C/C=C\C/C=C\CCCCC(=O)OCC(COP(=O)(O)OCC(O)COP(=O)(O)OCC(O)COC(=O)CCCCCCCCCCCCC/C=C\C/C=C\C/C=C\C/C=C\CCCCC)OC(=O)CCCCCCC/C=C\C/C=C\C/C=C\CC. The second-order valence-electron chi connectivity index (χ2n) is 24.7. The van der Waals surface area contributed by atoms with Gasteiger partial charge in [-0.3, -0.25) is 32.5 Å². The van der Waals surface area contributed by atoms with Crippen molar-refractivity contribution < 1.29 is 75.8 Å². The molecule has 99 heavy (non-hydrogen) atoms. The summed E-state index contributed by atoms with van der Waals surface area (Å²) < 4.78 is 61.0. The number of hydrogen-bond donors (Lipinski definition) is 4. The Kier molecular flexibility index (Phi) is 69.4. The molecule has 564 valence electrons. The minimum absolute atomic E-state index is 0.0694. The summed E-state index contributed by atoms with van der Waals surface area (Å²) in [5.74, 6) is -1.66. The van der Waals surface area contributed by atoms with Crippen LogP contribution in [0.2, 0.25) is 0 Å². The highest BCUT2D eigenvalue weighted by molar-refractivity contribution is 7.47. The zero-order valence-corrected chi connectivity index (χ0v) is 63.1. The van der Waals surface area contributed by atoms with Crippen molar-refractivity contribution in [1.82, 2.24) is 0 Å².